The second kappa shape index (κ2) is 5.87. The molecule has 2 aromatic heterocycles. The third-order valence-corrected chi connectivity index (χ3v) is 4.13. The summed E-state index contributed by atoms with van der Waals surface area (Å²) in [6, 6.07) is 8.30. The van der Waals surface area contributed by atoms with Gasteiger partial charge in [0.2, 0.25) is 5.95 Å². The Labute approximate surface area is 130 Å². The van der Waals surface area contributed by atoms with Crippen LogP contribution in [0, 0.1) is 5.95 Å². The molecule has 0 fully saturated rings. The summed E-state index contributed by atoms with van der Waals surface area (Å²) < 4.78 is 14.8. The summed E-state index contributed by atoms with van der Waals surface area (Å²) in [5.41, 5.74) is 1.59. The van der Waals surface area contributed by atoms with Gasteiger partial charge in [0.05, 0.1) is 15.9 Å². The molecule has 0 amide bonds. The van der Waals surface area contributed by atoms with Crippen LogP contribution in [0.5, 0.6) is 5.75 Å². The zero-order chi connectivity index (χ0) is 14.8. The van der Waals surface area contributed by atoms with E-state index in [2.05, 4.69) is 27.9 Å². The molecule has 4 nitrogen and oxygen atoms in total. The predicted molar refractivity (Wildman–Crippen MR) is 86.8 cm³/mol. The minimum absolute atomic E-state index is 0.183. The summed E-state index contributed by atoms with van der Waals surface area (Å²) >= 11 is 5.43. The van der Waals surface area contributed by atoms with Crippen LogP contribution in [0.15, 0.2) is 30.3 Å². The Morgan fingerprint density at radius 1 is 1.24 bits per heavy atom. The van der Waals surface area contributed by atoms with Crippen molar-refractivity contribution in [2.45, 2.75) is 0 Å². The molecule has 7 heteroatoms. The topological polar surface area (TPSA) is 58.0 Å². The Morgan fingerprint density at radius 3 is 2.86 bits per heavy atom. The molecule has 0 spiro atoms. The number of nitrogens with one attached hydrogen (secondary N) is 1. The fraction of sp³-hybridized carbons (Fsp3) is 0.143. The summed E-state index contributed by atoms with van der Waals surface area (Å²) in [4.78, 5) is 8.35. The van der Waals surface area contributed by atoms with E-state index in [-0.39, 0.29) is 5.75 Å². The van der Waals surface area contributed by atoms with E-state index in [9.17, 15) is 9.50 Å². The van der Waals surface area contributed by atoms with E-state index in [0.29, 0.717) is 28.7 Å². The van der Waals surface area contributed by atoms with Gasteiger partial charge in [-0.15, -0.1) is 11.3 Å². The van der Waals surface area contributed by atoms with E-state index < -0.39 is 5.95 Å². The molecule has 0 atom stereocenters. The summed E-state index contributed by atoms with van der Waals surface area (Å²) in [7, 11) is 0. The molecule has 21 heavy (non-hydrogen) atoms. The third-order valence-electron chi connectivity index (χ3n) is 2.87. The number of halogens is 1. The molecular weight excluding hydrogens is 309 g/mol. The molecule has 2 N–H and O–H groups in total. The molecule has 0 saturated carbocycles. The lowest BCUT2D eigenvalue weighted by atomic mass is 10.3. The minimum Gasteiger partial charge on any atom is -0.508 e. The highest BCUT2D eigenvalue weighted by atomic mass is 32.1. The first-order valence-corrected chi connectivity index (χ1v) is 7.73. The second-order valence-electron chi connectivity index (χ2n) is 4.36. The number of benzene rings is 1. The summed E-state index contributed by atoms with van der Waals surface area (Å²) in [5, 5.41) is 13.0. The van der Waals surface area contributed by atoms with Crippen LogP contribution in [0.3, 0.4) is 0 Å². The average Bonchev–Trinajstić information content (AvgIpc) is 2.89. The van der Waals surface area contributed by atoms with Gasteiger partial charge in [-0.25, -0.2) is 9.97 Å². The number of thiol groups is 1. The number of hydrogen-bond donors (Lipinski definition) is 3. The quantitative estimate of drug-likeness (QED) is 0.508. The van der Waals surface area contributed by atoms with Crippen molar-refractivity contribution in [1.29, 1.82) is 0 Å². The number of phenolic OH excluding ortho intramolecular Hbond substituents is 1. The highest BCUT2D eigenvalue weighted by molar-refractivity contribution is 7.80. The molecule has 0 aliphatic rings. The maximum Gasteiger partial charge on any atom is 0.236 e. The Kier molecular flexibility index (Phi) is 3.94. The Morgan fingerprint density at radius 2 is 2.10 bits per heavy atom. The maximum absolute atomic E-state index is 13.9. The monoisotopic (exact) mass is 321 g/mol. The first kappa shape index (κ1) is 14.1. The van der Waals surface area contributed by atoms with Crippen LogP contribution >= 0.6 is 24.0 Å². The number of pyridine rings is 1. The number of thiazole rings is 1. The van der Waals surface area contributed by atoms with Crippen molar-refractivity contribution in [3.05, 3.63) is 36.3 Å². The summed E-state index contributed by atoms with van der Waals surface area (Å²) in [5.74, 6) is 0.238. The molecule has 2 heterocycles. The van der Waals surface area contributed by atoms with Gasteiger partial charge in [-0.2, -0.15) is 17.0 Å². The normalized spacial score (nSPS) is 11.0. The number of aromatic hydroxyl groups is 1. The Balaban J connectivity index is 1.96. The molecule has 1 aromatic carbocycles. The van der Waals surface area contributed by atoms with Crippen LogP contribution < -0.4 is 5.32 Å². The van der Waals surface area contributed by atoms with Gasteiger partial charge in [0, 0.05) is 12.3 Å². The number of anilines is 1. The predicted octanol–water partition coefficient (Wildman–Crippen LogP) is 3.54. The van der Waals surface area contributed by atoms with Crippen LogP contribution in [-0.4, -0.2) is 27.4 Å². The van der Waals surface area contributed by atoms with E-state index >= 15 is 0 Å². The molecular formula is C14H12FN3OS2. The summed E-state index contributed by atoms with van der Waals surface area (Å²) in [6.45, 7) is 0.571. The molecule has 0 bridgehead atoms. The van der Waals surface area contributed by atoms with E-state index in [1.807, 2.05) is 0 Å². The highest BCUT2D eigenvalue weighted by Gasteiger charge is 2.11. The van der Waals surface area contributed by atoms with Gasteiger partial charge in [0.15, 0.2) is 0 Å². The zero-order valence-electron chi connectivity index (χ0n) is 10.9. The fourth-order valence-electron chi connectivity index (χ4n) is 1.90. The standard InChI is InChI=1S/C14H12FN3OS2/c15-13-10(16-5-6-20)3-4-11(17-13)14-18-9-2-1-8(19)7-12(9)21-14/h1-4,7,16,19-20H,5-6H2. The van der Waals surface area contributed by atoms with Crippen molar-refractivity contribution >= 4 is 39.9 Å². The van der Waals surface area contributed by atoms with Gasteiger partial charge in [-0.3, -0.25) is 0 Å². The number of nitrogens with zero attached hydrogens (tertiary/aromatic N) is 2. The number of hydrogen-bond acceptors (Lipinski definition) is 6. The molecule has 3 rings (SSSR count). The van der Waals surface area contributed by atoms with E-state index in [4.69, 9.17) is 0 Å². The lowest BCUT2D eigenvalue weighted by molar-refractivity contribution is 0.476. The SMILES string of the molecule is Oc1ccc2nc(-c3ccc(NCCS)c(F)n3)sc2c1. The molecule has 0 saturated heterocycles. The van der Waals surface area contributed by atoms with Gasteiger partial charge >= 0.3 is 0 Å². The number of rotatable bonds is 4. The van der Waals surface area contributed by atoms with Gasteiger partial charge in [0.1, 0.15) is 16.5 Å². The molecule has 0 aliphatic carbocycles. The van der Waals surface area contributed by atoms with Crippen molar-refractivity contribution in [3.8, 4) is 16.5 Å². The van der Waals surface area contributed by atoms with Crippen molar-refractivity contribution in [2.24, 2.45) is 0 Å². The third kappa shape index (κ3) is 2.93. The molecule has 0 radical (unpaired) electrons. The molecule has 0 unspecified atom stereocenters. The summed E-state index contributed by atoms with van der Waals surface area (Å²) in [6.07, 6.45) is 0. The zero-order valence-corrected chi connectivity index (χ0v) is 12.6. The van der Waals surface area contributed by atoms with Gasteiger partial charge in [-0.05, 0) is 30.3 Å². The van der Waals surface area contributed by atoms with Crippen molar-refractivity contribution < 1.29 is 9.50 Å². The Hall–Kier alpha value is -1.86. The number of aromatic nitrogens is 2. The highest BCUT2D eigenvalue weighted by Crippen LogP contribution is 2.31. The lowest BCUT2D eigenvalue weighted by Gasteiger charge is -2.05. The first-order valence-electron chi connectivity index (χ1n) is 6.28. The largest absolute Gasteiger partial charge is 0.508 e. The van der Waals surface area contributed by atoms with Gasteiger partial charge < -0.3 is 10.4 Å². The van der Waals surface area contributed by atoms with Crippen molar-refractivity contribution in [2.75, 3.05) is 17.6 Å². The van der Waals surface area contributed by atoms with Gasteiger partial charge in [0.25, 0.3) is 0 Å². The lowest BCUT2D eigenvalue weighted by Crippen LogP contribution is -2.05. The van der Waals surface area contributed by atoms with Crippen molar-refractivity contribution in [3.63, 3.8) is 0 Å². The minimum atomic E-state index is -0.559. The Bertz CT molecular complexity index is 791. The second-order valence-corrected chi connectivity index (χ2v) is 5.83. The fourth-order valence-corrected chi connectivity index (χ4v) is 2.98. The van der Waals surface area contributed by atoms with E-state index in [1.165, 1.54) is 11.3 Å². The molecule has 0 aliphatic heterocycles. The van der Waals surface area contributed by atoms with Crippen LogP contribution in [-0.2, 0) is 0 Å². The van der Waals surface area contributed by atoms with Gasteiger partial charge in [-0.1, -0.05) is 0 Å². The van der Waals surface area contributed by atoms with Crippen LogP contribution in [0.1, 0.15) is 0 Å². The number of fused-ring (bicyclic) bond motifs is 1. The first-order chi connectivity index (χ1) is 10.2. The van der Waals surface area contributed by atoms with Crippen molar-refractivity contribution in [1.82, 2.24) is 9.97 Å². The smallest absolute Gasteiger partial charge is 0.236 e. The molecule has 108 valence electrons. The van der Waals surface area contributed by atoms with E-state index in [1.54, 1.807) is 30.3 Å². The molecule has 3 aromatic rings. The maximum atomic E-state index is 13.9. The van der Waals surface area contributed by atoms with Crippen LogP contribution in [0.2, 0.25) is 0 Å². The average molecular weight is 321 g/mol. The number of phenols is 1. The van der Waals surface area contributed by atoms with E-state index in [0.717, 1.165) is 10.2 Å². The van der Waals surface area contributed by atoms with Crippen LogP contribution in [0.4, 0.5) is 10.1 Å². The van der Waals surface area contributed by atoms with Crippen LogP contribution in [0.25, 0.3) is 20.9 Å².